The fourth-order valence-corrected chi connectivity index (χ4v) is 10.7. The van der Waals surface area contributed by atoms with Crippen LogP contribution in [0.5, 0.6) is 5.75 Å². The van der Waals surface area contributed by atoms with E-state index in [2.05, 4.69) is 36.6 Å². The molecule has 0 bridgehead atoms. The maximum atomic E-state index is 14.7. The molecule has 4 heterocycles. The number of hydrogen-bond donors (Lipinski definition) is 6. The predicted octanol–water partition coefficient (Wildman–Crippen LogP) is 6.62. The van der Waals surface area contributed by atoms with Crippen molar-refractivity contribution < 1.29 is 47.6 Å². The summed E-state index contributed by atoms with van der Waals surface area (Å²) >= 11 is 9.03. The Morgan fingerprint density at radius 3 is 2.30 bits per heavy atom. The van der Waals surface area contributed by atoms with Gasteiger partial charge in [0, 0.05) is 56.3 Å². The van der Waals surface area contributed by atoms with Crippen molar-refractivity contribution in [3.8, 4) is 16.2 Å². The number of thiazole rings is 2. The summed E-state index contributed by atoms with van der Waals surface area (Å²) in [6.07, 6.45) is 3.12. The summed E-state index contributed by atoms with van der Waals surface area (Å²) in [4.78, 5) is 70.4. The highest BCUT2D eigenvalue weighted by molar-refractivity contribution is 7.13. The molecule has 6 N–H and O–H groups in total. The maximum absolute atomic E-state index is 14.7. The summed E-state index contributed by atoms with van der Waals surface area (Å²) in [6.45, 7) is 10.2. The molecule has 2 fully saturated rings. The molecule has 0 spiro atoms. The van der Waals surface area contributed by atoms with E-state index in [4.69, 9.17) is 35.5 Å². The lowest BCUT2D eigenvalue weighted by molar-refractivity contribution is -0.144. The second-order valence-electron chi connectivity index (χ2n) is 20.0. The molecule has 1 saturated carbocycles. The fraction of sp³-hybridized carbons (Fsp3) is 0.500. The standard InChI is InChI=1S/C54H69ClFN9O9S2/c1-35-47(76-34-61-35)37-13-11-36(12-14-37)31-60-49(68)42-29-39(66)33-65(42)50(69)48(53(2,3)4)64-45(67)32-57-19-22-71-24-26-73-27-25-72-23-20-58-51(70)54(30-38-7-5-10-44(62-38)63-52-59-21-28-75-52)17-15-40(16-18-54)74-43-9-6-8-41(55)46(43)56/h5-14,21,28,34,39-40,42,48,57,66H,15-20,22-27,29-33H2,1-4H3,(H,58,70)(H,60,68)(H,64,67)(H,59,62,63)/t39-,40?,42+,48-,54?/m1/s1. The molecule has 18 nitrogen and oxygen atoms in total. The summed E-state index contributed by atoms with van der Waals surface area (Å²) in [5.74, 6) is -1.18. The number of carbonyl (C=O) groups excluding carboxylic acids is 4. The van der Waals surface area contributed by atoms with Crippen LogP contribution in [0.4, 0.5) is 15.3 Å². The number of rotatable bonds is 27. The zero-order valence-corrected chi connectivity index (χ0v) is 45.8. The van der Waals surface area contributed by atoms with Crippen molar-refractivity contribution in [1.29, 1.82) is 0 Å². The van der Waals surface area contributed by atoms with Gasteiger partial charge in [-0.25, -0.2) is 19.3 Å². The minimum absolute atomic E-state index is 0.00785. The first-order valence-corrected chi connectivity index (χ1v) is 27.7. The minimum atomic E-state index is -0.948. The molecule has 2 aromatic carbocycles. The number of aliphatic hydroxyl groups is 1. The maximum Gasteiger partial charge on any atom is 0.246 e. The second kappa shape index (κ2) is 28.1. The van der Waals surface area contributed by atoms with Gasteiger partial charge in [0.2, 0.25) is 23.6 Å². The van der Waals surface area contributed by atoms with Crippen molar-refractivity contribution >= 4 is 68.9 Å². The van der Waals surface area contributed by atoms with Gasteiger partial charge in [0.1, 0.15) is 17.9 Å². The SMILES string of the molecule is Cc1ncsc1-c1ccc(CNC(=O)[C@@H]2C[C@@H](O)CN2C(=O)[C@@H](NC(=O)CNCCOCCOCCOCCNC(=O)C2(Cc3cccc(Nc4nccs4)n3)CCC(Oc3cccc(Cl)c3F)CC2)C(C)(C)C)cc1. The fourth-order valence-electron chi connectivity index (χ4n) is 9.19. The van der Waals surface area contributed by atoms with Crippen molar-refractivity contribution in [2.24, 2.45) is 10.8 Å². The lowest BCUT2D eigenvalue weighted by atomic mass is 9.69. The van der Waals surface area contributed by atoms with Gasteiger partial charge in [-0.2, -0.15) is 0 Å². The Labute approximate surface area is 456 Å². The number of nitrogens with zero attached hydrogens (tertiary/aromatic N) is 4. The Kier molecular flexibility index (Phi) is 21.5. The number of nitrogens with one attached hydrogen (secondary N) is 5. The third-order valence-electron chi connectivity index (χ3n) is 13.3. The number of hydrogen-bond acceptors (Lipinski definition) is 16. The van der Waals surface area contributed by atoms with Crippen LogP contribution in [0.2, 0.25) is 5.02 Å². The van der Waals surface area contributed by atoms with Crippen LogP contribution in [0.25, 0.3) is 10.4 Å². The number of aromatic nitrogens is 3. The van der Waals surface area contributed by atoms with E-state index in [0.717, 1.165) is 27.4 Å². The van der Waals surface area contributed by atoms with E-state index < -0.39 is 46.6 Å². The molecule has 22 heteroatoms. The third-order valence-corrected chi connectivity index (χ3v) is 15.2. The molecule has 410 valence electrons. The molecule has 5 aromatic rings. The number of ether oxygens (including phenoxy) is 4. The molecular formula is C54H69ClFN9O9S2. The zero-order chi connectivity index (χ0) is 54.1. The van der Waals surface area contributed by atoms with Crippen molar-refractivity contribution in [1.82, 2.24) is 41.1 Å². The summed E-state index contributed by atoms with van der Waals surface area (Å²) in [5, 5.41) is 28.3. The second-order valence-corrected chi connectivity index (χ2v) is 22.2. The Morgan fingerprint density at radius 2 is 1.62 bits per heavy atom. The van der Waals surface area contributed by atoms with Crippen LogP contribution < -0.4 is 31.3 Å². The molecule has 76 heavy (non-hydrogen) atoms. The van der Waals surface area contributed by atoms with Crippen molar-refractivity contribution in [3.05, 3.63) is 106 Å². The lowest BCUT2D eigenvalue weighted by Crippen LogP contribution is -2.58. The molecule has 0 unspecified atom stereocenters. The number of anilines is 2. The Morgan fingerprint density at radius 1 is 0.908 bits per heavy atom. The molecule has 4 amide bonds. The van der Waals surface area contributed by atoms with Crippen LogP contribution in [0.1, 0.15) is 69.8 Å². The van der Waals surface area contributed by atoms with E-state index in [1.807, 2.05) is 81.1 Å². The number of aliphatic hydroxyl groups excluding tert-OH is 1. The van der Waals surface area contributed by atoms with Gasteiger partial charge in [-0.1, -0.05) is 68.8 Å². The number of likely N-dealkylation sites (tertiary alicyclic amines) is 1. The van der Waals surface area contributed by atoms with Crippen LogP contribution in [0, 0.1) is 23.6 Å². The molecule has 1 aliphatic carbocycles. The van der Waals surface area contributed by atoms with Gasteiger partial charge in [0.05, 0.1) is 84.9 Å². The average Bonchev–Trinajstić information content (AvgIpc) is 4.18. The highest BCUT2D eigenvalue weighted by atomic mass is 35.5. The van der Waals surface area contributed by atoms with Crippen LogP contribution in [-0.2, 0) is 46.4 Å². The van der Waals surface area contributed by atoms with Crippen molar-refractivity contribution in [3.63, 3.8) is 0 Å². The van der Waals surface area contributed by atoms with Gasteiger partial charge in [0.15, 0.2) is 16.7 Å². The predicted molar refractivity (Wildman–Crippen MR) is 290 cm³/mol. The number of halogens is 2. The summed E-state index contributed by atoms with van der Waals surface area (Å²) in [6, 6.07) is 16.4. The number of β-amino-alcohol motifs (C(OH)–C–C–N with tert-alkyl or cyclic N) is 1. The molecule has 2 aliphatic rings. The number of carbonyl (C=O) groups is 4. The molecular weight excluding hydrogens is 1040 g/mol. The van der Waals surface area contributed by atoms with E-state index in [0.29, 0.717) is 89.2 Å². The van der Waals surface area contributed by atoms with E-state index in [9.17, 15) is 28.7 Å². The topological polar surface area (TPSA) is 227 Å². The summed E-state index contributed by atoms with van der Waals surface area (Å²) in [7, 11) is 0. The van der Waals surface area contributed by atoms with Gasteiger partial charge >= 0.3 is 0 Å². The zero-order valence-electron chi connectivity index (χ0n) is 43.4. The molecule has 3 atom stereocenters. The normalized spacial score (nSPS) is 19.0. The van der Waals surface area contributed by atoms with E-state index in [-0.39, 0.29) is 61.4 Å². The summed E-state index contributed by atoms with van der Waals surface area (Å²) < 4.78 is 37.8. The Hall–Kier alpha value is -5.65. The number of amides is 4. The molecule has 3 aromatic heterocycles. The first-order chi connectivity index (χ1) is 36.6. The highest BCUT2D eigenvalue weighted by Gasteiger charge is 2.45. The van der Waals surface area contributed by atoms with Crippen LogP contribution in [-0.4, -0.2) is 139 Å². The Balaban J connectivity index is 0.759. The third kappa shape index (κ3) is 16.7. The average molecular weight is 1110 g/mol. The molecule has 7 rings (SSSR count). The van der Waals surface area contributed by atoms with E-state index in [1.54, 1.807) is 29.7 Å². The summed E-state index contributed by atoms with van der Waals surface area (Å²) in [5.41, 5.74) is 3.99. The molecule has 1 saturated heterocycles. The van der Waals surface area contributed by atoms with Crippen molar-refractivity contribution in [2.45, 2.75) is 97.1 Å². The van der Waals surface area contributed by atoms with Gasteiger partial charge in [-0.05, 0) is 73.4 Å². The minimum Gasteiger partial charge on any atom is -0.487 e. The number of aryl methyl sites for hydroxylation is 1. The highest BCUT2D eigenvalue weighted by Crippen LogP contribution is 2.41. The van der Waals surface area contributed by atoms with Crippen LogP contribution >= 0.6 is 34.3 Å². The van der Waals surface area contributed by atoms with Crippen LogP contribution in [0.3, 0.4) is 0 Å². The smallest absolute Gasteiger partial charge is 0.246 e. The number of benzene rings is 2. The van der Waals surface area contributed by atoms with Crippen LogP contribution in [0.15, 0.2) is 77.8 Å². The number of pyridine rings is 1. The largest absolute Gasteiger partial charge is 0.487 e. The lowest BCUT2D eigenvalue weighted by Gasteiger charge is -2.39. The van der Waals surface area contributed by atoms with Gasteiger partial charge in [-0.3, -0.25) is 19.2 Å². The monoisotopic (exact) mass is 1110 g/mol. The van der Waals surface area contributed by atoms with E-state index in [1.165, 1.54) is 22.3 Å². The first kappa shape index (κ1) is 58.0. The van der Waals surface area contributed by atoms with Gasteiger partial charge < -0.3 is 55.5 Å². The van der Waals surface area contributed by atoms with E-state index >= 15 is 0 Å². The molecule has 0 radical (unpaired) electrons. The first-order valence-electron chi connectivity index (χ1n) is 25.6. The van der Waals surface area contributed by atoms with Gasteiger partial charge in [-0.15, -0.1) is 22.7 Å². The van der Waals surface area contributed by atoms with Gasteiger partial charge in [0.25, 0.3) is 0 Å². The quantitative estimate of drug-likeness (QED) is 0.0304. The van der Waals surface area contributed by atoms with Crippen molar-refractivity contribution in [2.75, 3.05) is 71.1 Å². The Bertz CT molecular complexity index is 2670. The molecule has 1 aliphatic heterocycles.